The summed E-state index contributed by atoms with van der Waals surface area (Å²) >= 11 is 0. The summed E-state index contributed by atoms with van der Waals surface area (Å²) in [5.41, 5.74) is 0.276. The van der Waals surface area contributed by atoms with E-state index in [1.165, 1.54) is 18.2 Å². The zero-order chi connectivity index (χ0) is 14.3. The van der Waals surface area contributed by atoms with Gasteiger partial charge in [0.05, 0.1) is 11.2 Å². The van der Waals surface area contributed by atoms with Crippen LogP contribution in [0.3, 0.4) is 0 Å². The van der Waals surface area contributed by atoms with Gasteiger partial charge in [0.2, 0.25) is 0 Å². The van der Waals surface area contributed by atoms with E-state index in [0.29, 0.717) is 12.4 Å². The molecule has 0 atom stereocenters. The fourth-order valence-corrected chi connectivity index (χ4v) is 2.24. The normalized spacial score (nSPS) is 10.9. The van der Waals surface area contributed by atoms with Crippen LogP contribution in [-0.2, 0) is 0 Å². The van der Waals surface area contributed by atoms with Gasteiger partial charge in [-0.2, -0.15) is 0 Å². The van der Waals surface area contributed by atoms with E-state index in [1.54, 1.807) is 6.07 Å². The molecule has 1 N–H and O–H groups in total. The van der Waals surface area contributed by atoms with Crippen molar-refractivity contribution < 1.29 is 18.0 Å². The summed E-state index contributed by atoms with van der Waals surface area (Å²) in [4.78, 5) is 13.9. The third kappa shape index (κ3) is 1.79. The van der Waals surface area contributed by atoms with Crippen molar-refractivity contribution in [1.82, 2.24) is 4.98 Å². The molecule has 0 aliphatic heterocycles. The Kier molecular flexibility index (Phi) is 2.82. The standard InChI is InChI=1S/C15H8F3NO/c16-8-5-10-11(7-20)14(19-15(10)13(18)6-8)9-3-1-2-4-12(9)17/h1-7,19H. The van der Waals surface area contributed by atoms with Crippen molar-refractivity contribution in [2.45, 2.75) is 0 Å². The molecule has 2 aromatic carbocycles. The summed E-state index contributed by atoms with van der Waals surface area (Å²) in [5, 5.41) is 0.0933. The second kappa shape index (κ2) is 4.52. The molecule has 5 heteroatoms. The fourth-order valence-electron chi connectivity index (χ4n) is 2.24. The first-order valence-corrected chi connectivity index (χ1v) is 5.82. The molecule has 0 fully saturated rings. The number of H-pyrrole nitrogens is 1. The Labute approximate surface area is 111 Å². The number of hydrogen-bond acceptors (Lipinski definition) is 1. The van der Waals surface area contributed by atoms with Crippen LogP contribution in [0, 0.1) is 17.5 Å². The Morgan fingerprint density at radius 2 is 1.75 bits per heavy atom. The molecule has 2 nitrogen and oxygen atoms in total. The van der Waals surface area contributed by atoms with E-state index in [0.717, 1.165) is 6.07 Å². The van der Waals surface area contributed by atoms with E-state index in [4.69, 9.17) is 0 Å². The fraction of sp³-hybridized carbons (Fsp3) is 0. The first kappa shape index (κ1) is 12.5. The monoisotopic (exact) mass is 275 g/mol. The van der Waals surface area contributed by atoms with E-state index >= 15 is 0 Å². The van der Waals surface area contributed by atoms with Gasteiger partial charge in [-0.05, 0) is 18.2 Å². The van der Waals surface area contributed by atoms with Crippen molar-refractivity contribution >= 4 is 17.2 Å². The van der Waals surface area contributed by atoms with Crippen molar-refractivity contribution in [2.24, 2.45) is 0 Å². The van der Waals surface area contributed by atoms with Crippen LogP contribution >= 0.6 is 0 Å². The first-order valence-electron chi connectivity index (χ1n) is 5.82. The maximum atomic E-state index is 13.8. The largest absolute Gasteiger partial charge is 0.351 e. The van der Waals surface area contributed by atoms with Crippen LogP contribution in [0.4, 0.5) is 13.2 Å². The van der Waals surface area contributed by atoms with Crippen molar-refractivity contribution in [3.05, 3.63) is 59.4 Å². The third-order valence-corrected chi connectivity index (χ3v) is 3.13. The summed E-state index contributed by atoms with van der Waals surface area (Å²) in [6.45, 7) is 0. The highest BCUT2D eigenvalue weighted by atomic mass is 19.1. The van der Waals surface area contributed by atoms with Crippen LogP contribution in [0.2, 0.25) is 0 Å². The van der Waals surface area contributed by atoms with Gasteiger partial charge in [0.15, 0.2) is 6.29 Å². The van der Waals surface area contributed by atoms with Gasteiger partial charge >= 0.3 is 0 Å². The molecular weight excluding hydrogens is 267 g/mol. The summed E-state index contributed by atoms with van der Waals surface area (Å²) in [6.07, 6.45) is 0.458. The molecule has 3 aromatic rings. The van der Waals surface area contributed by atoms with Crippen LogP contribution < -0.4 is 0 Å². The number of nitrogens with one attached hydrogen (secondary N) is 1. The second-order valence-corrected chi connectivity index (χ2v) is 4.32. The second-order valence-electron chi connectivity index (χ2n) is 4.32. The van der Waals surface area contributed by atoms with Crippen molar-refractivity contribution in [2.75, 3.05) is 0 Å². The smallest absolute Gasteiger partial charge is 0.152 e. The van der Waals surface area contributed by atoms with E-state index in [-0.39, 0.29) is 27.7 Å². The number of fused-ring (bicyclic) bond motifs is 1. The van der Waals surface area contributed by atoms with Crippen LogP contribution in [-0.4, -0.2) is 11.3 Å². The van der Waals surface area contributed by atoms with Crippen LogP contribution in [0.25, 0.3) is 22.2 Å². The van der Waals surface area contributed by atoms with Crippen molar-refractivity contribution in [3.63, 3.8) is 0 Å². The Bertz CT molecular complexity index is 823. The molecule has 0 bridgehead atoms. The van der Waals surface area contributed by atoms with E-state index < -0.39 is 17.5 Å². The highest BCUT2D eigenvalue weighted by Gasteiger charge is 2.18. The lowest BCUT2D eigenvalue weighted by Gasteiger charge is -2.01. The van der Waals surface area contributed by atoms with Crippen LogP contribution in [0.15, 0.2) is 36.4 Å². The Hall–Kier alpha value is -2.56. The van der Waals surface area contributed by atoms with Gasteiger partial charge < -0.3 is 4.98 Å². The molecule has 0 saturated carbocycles. The number of halogens is 3. The number of aromatic nitrogens is 1. The highest BCUT2D eigenvalue weighted by Crippen LogP contribution is 2.32. The molecule has 0 saturated heterocycles. The highest BCUT2D eigenvalue weighted by molar-refractivity contribution is 6.04. The van der Waals surface area contributed by atoms with Gasteiger partial charge in [-0.3, -0.25) is 4.79 Å². The molecule has 0 amide bonds. The number of benzene rings is 2. The molecule has 1 aromatic heterocycles. The number of hydrogen-bond donors (Lipinski definition) is 1. The van der Waals surface area contributed by atoms with Gasteiger partial charge in [-0.25, -0.2) is 13.2 Å². The number of carbonyl (C=O) groups is 1. The molecule has 0 aliphatic carbocycles. The number of carbonyl (C=O) groups excluding carboxylic acids is 1. The molecular formula is C15H8F3NO. The predicted octanol–water partition coefficient (Wildman–Crippen LogP) is 4.06. The summed E-state index contributed by atoms with van der Waals surface area (Å²) in [6, 6.07) is 7.53. The maximum Gasteiger partial charge on any atom is 0.152 e. The van der Waals surface area contributed by atoms with Gasteiger partial charge in [-0.15, -0.1) is 0 Å². The molecule has 0 radical (unpaired) electrons. The molecule has 1 heterocycles. The van der Waals surface area contributed by atoms with Gasteiger partial charge in [0.25, 0.3) is 0 Å². The van der Waals surface area contributed by atoms with Crippen molar-refractivity contribution in [1.29, 1.82) is 0 Å². The first-order chi connectivity index (χ1) is 9.61. The summed E-state index contributed by atoms with van der Waals surface area (Å²) < 4.78 is 40.8. The summed E-state index contributed by atoms with van der Waals surface area (Å²) in [7, 11) is 0. The van der Waals surface area contributed by atoms with E-state index in [1.807, 2.05) is 0 Å². The Morgan fingerprint density at radius 1 is 1.00 bits per heavy atom. The lowest BCUT2D eigenvalue weighted by Crippen LogP contribution is -1.88. The topological polar surface area (TPSA) is 32.9 Å². The Morgan fingerprint density at radius 3 is 2.45 bits per heavy atom. The molecule has 20 heavy (non-hydrogen) atoms. The molecule has 100 valence electrons. The predicted molar refractivity (Wildman–Crippen MR) is 69.0 cm³/mol. The zero-order valence-electron chi connectivity index (χ0n) is 10.1. The molecule has 0 spiro atoms. The van der Waals surface area contributed by atoms with Gasteiger partial charge in [0.1, 0.15) is 17.5 Å². The van der Waals surface area contributed by atoms with Crippen LogP contribution in [0.5, 0.6) is 0 Å². The number of aromatic amines is 1. The summed E-state index contributed by atoms with van der Waals surface area (Å²) in [5.74, 6) is -2.18. The van der Waals surface area contributed by atoms with E-state index in [2.05, 4.69) is 4.98 Å². The van der Waals surface area contributed by atoms with Crippen LogP contribution in [0.1, 0.15) is 10.4 Å². The molecule has 3 rings (SSSR count). The SMILES string of the molecule is O=Cc1c(-c2ccccc2F)[nH]c2c(F)cc(F)cc12. The quantitative estimate of drug-likeness (QED) is 0.703. The number of aldehydes is 1. The Balaban J connectivity index is 2.40. The lowest BCUT2D eigenvalue weighted by atomic mass is 10.1. The van der Waals surface area contributed by atoms with Gasteiger partial charge in [-0.1, -0.05) is 12.1 Å². The minimum Gasteiger partial charge on any atom is -0.351 e. The minimum absolute atomic E-state index is 0.0215. The lowest BCUT2D eigenvalue weighted by molar-refractivity contribution is 0.112. The van der Waals surface area contributed by atoms with Gasteiger partial charge in [0, 0.05) is 22.6 Å². The minimum atomic E-state index is -0.828. The number of rotatable bonds is 2. The third-order valence-electron chi connectivity index (χ3n) is 3.13. The maximum absolute atomic E-state index is 13.8. The average molecular weight is 275 g/mol. The molecule has 0 unspecified atom stereocenters. The zero-order valence-corrected chi connectivity index (χ0v) is 10.1. The van der Waals surface area contributed by atoms with Crippen molar-refractivity contribution in [3.8, 4) is 11.3 Å². The average Bonchev–Trinajstić information content (AvgIpc) is 2.77. The molecule has 0 aliphatic rings. The van der Waals surface area contributed by atoms with E-state index in [9.17, 15) is 18.0 Å².